The Bertz CT molecular complexity index is 200. The Morgan fingerprint density at radius 1 is 1.25 bits per heavy atom. The molecule has 0 saturated carbocycles. The highest BCUT2D eigenvalue weighted by atomic mass is 16.2. The second kappa shape index (κ2) is 7.63. The molecule has 94 valence electrons. The minimum absolute atomic E-state index is 0.103. The summed E-state index contributed by atoms with van der Waals surface area (Å²) < 4.78 is 0. The molecule has 0 unspecified atom stereocenters. The summed E-state index contributed by atoms with van der Waals surface area (Å²) >= 11 is 0. The molecule has 0 aromatic rings. The molecule has 2 N–H and O–H groups in total. The number of rotatable bonds is 6. The lowest BCUT2D eigenvalue weighted by Gasteiger charge is -2.26. The number of carbonyl (C=O) groups is 1. The van der Waals surface area contributed by atoms with Crippen LogP contribution < -0.4 is 10.7 Å². The third-order valence-electron chi connectivity index (χ3n) is 2.86. The molecule has 0 aromatic carbocycles. The summed E-state index contributed by atoms with van der Waals surface area (Å²) in [6.45, 7) is 7.67. The van der Waals surface area contributed by atoms with Gasteiger partial charge in [0.25, 0.3) is 0 Å². The van der Waals surface area contributed by atoms with Crippen LogP contribution >= 0.6 is 0 Å². The molecule has 0 bridgehead atoms. The lowest BCUT2D eigenvalue weighted by molar-refractivity contribution is -0.121. The van der Waals surface area contributed by atoms with E-state index < -0.39 is 0 Å². The summed E-state index contributed by atoms with van der Waals surface area (Å²) in [6.07, 6.45) is 4.85. The fourth-order valence-electron chi connectivity index (χ4n) is 1.80. The summed E-state index contributed by atoms with van der Waals surface area (Å²) in [6, 6.07) is 0. The number of nitrogens with one attached hydrogen (secondary N) is 2. The fraction of sp³-hybridized carbons (Fsp3) is 0.917. The van der Waals surface area contributed by atoms with E-state index in [0.29, 0.717) is 12.5 Å². The maximum absolute atomic E-state index is 11.5. The number of piperidine rings is 1. The van der Waals surface area contributed by atoms with E-state index in [4.69, 9.17) is 0 Å². The predicted molar refractivity (Wildman–Crippen MR) is 65.9 cm³/mol. The zero-order chi connectivity index (χ0) is 11.8. The highest BCUT2D eigenvalue weighted by molar-refractivity contribution is 5.77. The molecule has 16 heavy (non-hydrogen) atoms. The van der Waals surface area contributed by atoms with Crippen molar-refractivity contribution in [3.8, 4) is 0 Å². The van der Waals surface area contributed by atoms with Gasteiger partial charge in [-0.25, -0.2) is 10.4 Å². The molecular weight excluding hydrogens is 202 g/mol. The van der Waals surface area contributed by atoms with E-state index in [1.165, 1.54) is 19.3 Å². The third kappa shape index (κ3) is 6.08. The topological polar surface area (TPSA) is 44.4 Å². The minimum Gasteiger partial charge on any atom is -0.355 e. The van der Waals surface area contributed by atoms with Crippen LogP contribution in [0.4, 0.5) is 0 Å². The largest absolute Gasteiger partial charge is 0.355 e. The molecule has 4 nitrogen and oxygen atoms in total. The zero-order valence-corrected chi connectivity index (χ0v) is 10.6. The molecule has 1 rings (SSSR count). The molecule has 1 saturated heterocycles. The molecule has 1 aliphatic heterocycles. The number of carbonyl (C=O) groups excluding carboxylic acids is 1. The van der Waals surface area contributed by atoms with Gasteiger partial charge in [0, 0.05) is 19.6 Å². The van der Waals surface area contributed by atoms with Crippen molar-refractivity contribution in [2.75, 3.05) is 26.2 Å². The molecule has 0 spiro atoms. The molecular formula is C12H25N3O. The van der Waals surface area contributed by atoms with Gasteiger partial charge in [0.15, 0.2) is 0 Å². The minimum atomic E-state index is 0.103. The summed E-state index contributed by atoms with van der Waals surface area (Å²) in [4.78, 5) is 11.5. The molecule has 1 aliphatic rings. The Labute approximate surface area is 98.7 Å². The van der Waals surface area contributed by atoms with Gasteiger partial charge in [-0.05, 0) is 25.2 Å². The van der Waals surface area contributed by atoms with Gasteiger partial charge in [0.05, 0.1) is 6.54 Å². The van der Waals surface area contributed by atoms with E-state index in [0.717, 1.165) is 26.1 Å². The summed E-state index contributed by atoms with van der Waals surface area (Å²) in [7, 11) is 0. The van der Waals surface area contributed by atoms with Crippen molar-refractivity contribution in [1.29, 1.82) is 0 Å². The van der Waals surface area contributed by atoms with Crippen LogP contribution in [-0.4, -0.2) is 37.1 Å². The van der Waals surface area contributed by atoms with Crippen LogP contribution in [0, 0.1) is 5.92 Å². The van der Waals surface area contributed by atoms with Crippen molar-refractivity contribution < 1.29 is 4.79 Å². The first-order valence-electron chi connectivity index (χ1n) is 6.43. The van der Waals surface area contributed by atoms with E-state index in [1.54, 1.807) is 0 Å². The summed E-state index contributed by atoms with van der Waals surface area (Å²) in [5.74, 6) is 0.751. The molecule has 1 amide bonds. The smallest absolute Gasteiger partial charge is 0.235 e. The number of amides is 1. The van der Waals surface area contributed by atoms with Crippen molar-refractivity contribution in [1.82, 2.24) is 15.8 Å². The average molecular weight is 227 g/mol. The average Bonchev–Trinajstić information content (AvgIpc) is 2.27. The highest BCUT2D eigenvalue weighted by Crippen LogP contribution is 2.05. The van der Waals surface area contributed by atoms with Crippen LogP contribution in [0.2, 0.25) is 0 Å². The van der Waals surface area contributed by atoms with Gasteiger partial charge in [0.2, 0.25) is 5.91 Å². The first-order valence-corrected chi connectivity index (χ1v) is 6.43. The Balaban J connectivity index is 2.00. The van der Waals surface area contributed by atoms with Crippen LogP contribution in [0.15, 0.2) is 0 Å². The quantitative estimate of drug-likeness (QED) is 0.715. The lowest BCUT2D eigenvalue weighted by Crippen LogP contribution is -2.46. The fourth-order valence-corrected chi connectivity index (χ4v) is 1.80. The number of hydrazine groups is 1. The summed E-state index contributed by atoms with van der Waals surface area (Å²) in [5, 5.41) is 5.08. The monoisotopic (exact) mass is 227 g/mol. The van der Waals surface area contributed by atoms with E-state index in [-0.39, 0.29) is 5.91 Å². The molecule has 0 aromatic heterocycles. The number of hydrogen-bond acceptors (Lipinski definition) is 3. The zero-order valence-electron chi connectivity index (χ0n) is 10.6. The van der Waals surface area contributed by atoms with Crippen molar-refractivity contribution in [2.24, 2.45) is 5.92 Å². The Morgan fingerprint density at radius 3 is 2.56 bits per heavy atom. The lowest BCUT2D eigenvalue weighted by atomic mass is 10.1. The predicted octanol–water partition coefficient (Wildman–Crippen LogP) is 1.14. The molecule has 0 atom stereocenters. The van der Waals surface area contributed by atoms with Crippen LogP contribution in [0.3, 0.4) is 0 Å². The Hall–Kier alpha value is -0.610. The van der Waals surface area contributed by atoms with Crippen molar-refractivity contribution in [2.45, 2.75) is 39.5 Å². The third-order valence-corrected chi connectivity index (χ3v) is 2.86. The van der Waals surface area contributed by atoms with Gasteiger partial charge in [-0.1, -0.05) is 20.3 Å². The van der Waals surface area contributed by atoms with E-state index in [9.17, 15) is 4.79 Å². The molecule has 0 radical (unpaired) electrons. The van der Waals surface area contributed by atoms with Gasteiger partial charge in [-0.15, -0.1) is 0 Å². The highest BCUT2D eigenvalue weighted by Gasteiger charge is 2.10. The standard InChI is InChI=1S/C12H25N3O/c1-11(2)6-7-13-12(16)10-14-15-8-4-3-5-9-15/h11,14H,3-10H2,1-2H3,(H,13,16). The first kappa shape index (κ1) is 13.5. The van der Waals surface area contributed by atoms with Gasteiger partial charge < -0.3 is 5.32 Å². The molecule has 1 fully saturated rings. The second-order valence-electron chi connectivity index (χ2n) is 4.92. The SMILES string of the molecule is CC(C)CCNC(=O)CNN1CCCCC1. The maximum Gasteiger partial charge on any atom is 0.235 e. The molecule has 4 heteroatoms. The number of hydrogen-bond donors (Lipinski definition) is 2. The van der Waals surface area contributed by atoms with Crippen molar-refractivity contribution in [3.05, 3.63) is 0 Å². The number of nitrogens with zero attached hydrogens (tertiary/aromatic N) is 1. The van der Waals surface area contributed by atoms with Crippen LogP contribution in [-0.2, 0) is 4.79 Å². The van der Waals surface area contributed by atoms with E-state index >= 15 is 0 Å². The van der Waals surface area contributed by atoms with Crippen molar-refractivity contribution >= 4 is 5.91 Å². The van der Waals surface area contributed by atoms with Crippen molar-refractivity contribution in [3.63, 3.8) is 0 Å². The normalized spacial score (nSPS) is 17.7. The van der Waals surface area contributed by atoms with E-state index in [2.05, 4.69) is 29.6 Å². The van der Waals surface area contributed by atoms with Gasteiger partial charge in [-0.3, -0.25) is 4.79 Å². The van der Waals surface area contributed by atoms with Gasteiger partial charge >= 0.3 is 0 Å². The van der Waals surface area contributed by atoms with Crippen LogP contribution in [0.25, 0.3) is 0 Å². The van der Waals surface area contributed by atoms with Crippen LogP contribution in [0.1, 0.15) is 39.5 Å². The summed E-state index contributed by atoms with van der Waals surface area (Å²) in [5.41, 5.74) is 3.18. The molecule has 0 aliphatic carbocycles. The first-order chi connectivity index (χ1) is 7.68. The Morgan fingerprint density at radius 2 is 1.94 bits per heavy atom. The van der Waals surface area contributed by atoms with E-state index in [1.807, 2.05) is 0 Å². The van der Waals surface area contributed by atoms with Crippen LogP contribution in [0.5, 0.6) is 0 Å². The second-order valence-corrected chi connectivity index (χ2v) is 4.92. The maximum atomic E-state index is 11.5. The van der Waals surface area contributed by atoms with Gasteiger partial charge in [0.1, 0.15) is 0 Å². The van der Waals surface area contributed by atoms with Gasteiger partial charge in [-0.2, -0.15) is 0 Å². The Kier molecular flexibility index (Phi) is 6.42. The molecule has 1 heterocycles.